The van der Waals surface area contributed by atoms with Crippen molar-refractivity contribution in [2.45, 2.75) is 13.2 Å². The molecular weight excluding hydrogens is 362 g/mol. The van der Waals surface area contributed by atoms with Gasteiger partial charge in [0.2, 0.25) is 0 Å². The zero-order chi connectivity index (χ0) is 19.9. The van der Waals surface area contributed by atoms with E-state index in [1.165, 1.54) is 12.1 Å². The van der Waals surface area contributed by atoms with Crippen molar-refractivity contribution in [2.24, 2.45) is 4.99 Å². The highest BCUT2D eigenvalue weighted by molar-refractivity contribution is 5.80. The first-order valence-corrected chi connectivity index (χ1v) is 9.33. The van der Waals surface area contributed by atoms with Gasteiger partial charge in [-0.1, -0.05) is 24.3 Å². The summed E-state index contributed by atoms with van der Waals surface area (Å²) in [4.78, 5) is 8.37. The summed E-state index contributed by atoms with van der Waals surface area (Å²) in [5.41, 5.74) is 2.59. The molecule has 1 aliphatic rings. The zero-order valence-corrected chi connectivity index (χ0v) is 16.3. The molecule has 0 unspecified atom stereocenters. The number of halogens is 2. The van der Waals surface area contributed by atoms with Crippen LogP contribution in [0, 0.1) is 11.6 Å². The fraction of sp³-hybridized carbons (Fsp3) is 0.381. The third kappa shape index (κ3) is 4.98. The van der Waals surface area contributed by atoms with E-state index in [4.69, 9.17) is 4.74 Å². The lowest BCUT2D eigenvalue weighted by atomic mass is 10.1. The van der Waals surface area contributed by atoms with Crippen molar-refractivity contribution >= 4 is 11.6 Å². The van der Waals surface area contributed by atoms with E-state index in [9.17, 15) is 8.78 Å². The number of rotatable bonds is 5. The molecule has 5 nitrogen and oxygen atoms in total. The predicted molar refractivity (Wildman–Crippen MR) is 107 cm³/mol. The van der Waals surface area contributed by atoms with Gasteiger partial charge in [-0.3, -0.25) is 4.99 Å². The molecule has 1 saturated heterocycles. The molecule has 0 spiro atoms. The van der Waals surface area contributed by atoms with Crippen molar-refractivity contribution in [3.63, 3.8) is 0 Å². The fourth-order valence-electron chi connectivity index (χ4n) is 3.40. The Bertz CT molecular complexity index is 820. The van der Waals surface area contributed by atoms with E-state index in [2.05, 4.69) is 27.3 Å². The molecule has 2 aromatic carbocycles. The van der Waals surface area contributed by atoms with Crippen LogP contribution in [0.4, 0.5) is 14.5 Å². The summed E-state index contributed by atoms with van der Waals surface area (Å²) >= 11 is 0. The SMILES string of the molecule is CN=C(NCc1cccc(COC)c1)N1CCN(c2cc(F)ccc2F)CC1. The number of hydrogen-bond donors (Lipinski definition) is 1. The summed E-state index contributed by atoms with van der Waals surface area (Å²) in [6.45, 7) is 3.80. The Morgan fingerprint density at radius 2 is 1.82 bits per heavy atom. The van der Waals surface area contributed by atoms with Gasteiger partial charge in [0.15, 0.2) is 5.96 Å². The van der Waals surface area contributed by atoms with E-state index < -0.39 is 11.6 Å². The van der Waals surface area contributed by atoms with Gasteiger partial charge in [-0.2, -0.15) is 0 Å². The van der Waals surface area contributed by atoms with Crippen molar-refractivity contribution in [1.29, 1.82) is 0 Å². The molecule has 3 rings (SSSR count). The molecule has 0 aliphatic carbocycles. The Morgan fingerprint density at radius 1 is 1.07 bits per heavy atom. The third-order valence-corrected chi connectivity index (χ3v) is 4.79. The van der Waals surface area contributed by atoms with Crippen LogP contribution in [-0.4, -0.2) is 51.2 Å². The maximum atomic E-state index is 14.0. The second-order valence-electron chi connectivity index (χ2n) is 6.72. The number of benzene rings is 2. The van der Waals surface area contributed by atoms with Crippen LogP contribution in [0.3, 0.4) is 0 Å². The fourth-order valence-corrected chi connectivity index (χ4v) is 3.40. The average molecular weight is 388 g/mol. The minimum atomic E-state index is -0.424. The van der Waals surface area contributed by atoms with Crippen molar-refractivity contribution in [3.05, 3.63) is 65.2 Å². The molecule has 7 heteroatoms. The molecule has 1 N–H and O–H groups in total. The van der Waals surface area contributed by atoms with E-state index in [1.807, 2.05) is 17.0 Å². The summed E-state index contributed by atoms with van der Waals surface area (Å²) < 4.78 is 32.6. The topological polar surface area (TPSA) is 40.1 Å². The summed E-state index contributed by atoms with van der Waals surface area (Å²) in [5, 5.41) is 3.38. The van der Waals surface area contributed by atoms with Crippen molar-refractivity contribution in [2.75, 3.05) is 45.2 Å². The molecule has 0 atom stereocenters. The van der Waals surface area contributed by atoms with E-state index in [0.717, 1.165) is 23.2 Å². The predicted octanol–water partition coefficient (Wildman–Crippen LogP) is 3.01. The summed E-state index contributed by atoms with van der Waals surface area (Å²) in [6.07, 6.45) is 0. The van der Waals surface area contributed by atoms with Gasteiger partial charge in [-0.05, 0) is 23.3 Å². The number of methoxy groups -OCH3 is 1. The van der Waals surface area contributed by atoms with Gasteiger partial charge in [0.1, 0.15) is 11.6 Å². The summed E-state index contributed by atoms with van der Waals surface area (Å²) in [5.74, 6) is -0.0168. The molecule has 0 aromatic heterocycles. The third-order valence-electron chi connectivity index (χ3n) is 4.79. The number of ether oxygens (including phenoxy) is 1. The Hall–Kier alpha value is -2.67. The monoisotopic (exact) mass is 388 g/mol. The maximum Gasteiger partial charge on any atom is 0.194 e. The standard InChI is InChI=1S/C21H26F2N4O/c1-24-21(25-14-16-4-3-5-17(12-16)15-28-2)27-10-8-26(9-11-27)20-13-18(22)6-7-19(20)23/h3-7,12-13H,8-11,14-15H2,1-2H3,(H,24,25). The van der Waals surface area contributed by atoms with Crippen molar-refractivity contribution < 1.29 is 13.5 Å². The lowest BCUT2D eigenvalue weighted by molar-refractivity contribution is 0.185. The van der Waals surface area contributed by atoms with Crippen LogP contribution in [0.15, 0.2) is 47.5 Å². The molecule has 0 bridgehead atoms. The molecule has 150 valence electrons. The first-order chi connectivity index (χ1) is 13.6. The maximum absolute atomic E-state index is 14.0. The lowest BCUT2D eigenvalue weighted by Crippen LogP contribution is -2.52. The molecule has 0 amide bonds. The molecule has 28 heavy (non-hydrogen) atoms. The van der Waals surface area contributed by atoms with Gasteiger partial charge in [-0.25, -0.2) is 8.78 Å². The van der Waals surface area contributed by atoms with Crippen LogP contribution in [0.5, 0.6) is 0 Å². The van der Waals surface area contributed by atoms with Crippen molar-refractivity contribution in [1.82, 2.24) is 10.2 Å². The molecule has 2 aromatic rings. The minimum Gasteiger partial charge on any atom is -0.380 e. The number of nitrogens with one attached hydrogen (secondary N) is 1. The Morgan fingerprint density at radius 3 is 2.54 bits per heavy atom. The van der Waals surface area contributed by atoms with Crippen molar-refractivity contribution in [3.8, 4) is 0 Å². The van der Waals surface area contributed by atoms with E-state index in [1.54, 1.807) is 14.2 Å². The summed E-state index contributed by atoms with van der Waals surface area (Å²) in [6, 6.07) is 11.8. The van der Waals surface area contributed by atoms with Gasteiger partial charge < -0.3 is 19.9 Å². The van der Waals surface area contributed by atoms with Crippen LogP contribution >= 0.6 is 0 Å². The molecule has 1 heterocycles. The normalized spacial score (nSPS) is 15.1. The largest absolute Gasteiger partial charge is 0.380 e. The van der Waals surface area contributed by atoms with Gasteiger partial charge >= 0.3 is 0 Å². The molecule has 1 aliphatic heterocycles. The van der Waals surface area contributed by atoms with Gasteiger partial charge in [0.05, 0.1) is 12.3 Å². The zero-order valence-electron chi connectivity index (χ0n) is 16.3. The van der Waals surface area contributed by atoms with Crippen LogP contribution in [0.2, 0.25) is 0 Å². The quantitative estimate of drug-likeness (QED) is 0.632. The summed E-state index contributed by atoms with van der Waals surface area (Å²) in [7, 11) is 3.43. The number of anilines is 1. The van der Waals surface area contributed by atoms with Gasteiger partial charge in [0, 0.05) is 52.9 Å². The van der Waals surface area contributed by atoms with Crippen LogP contribution < -0.4 is 10.2 Å². The van der Waals surface area contributed by atoms with E-state index in [0.29, 0.717) is 45.0 Å². The molecule has 0 saturated carbocycles. The smallest absolute Gasteiger partial charge is 0.194 e. The number of piperazine rings is 1. The Balaban J connectivity index is 1.56. The minimum absolute atomic E-state index is 0.317. The molecule has 1 fully saturated rings. The molecule has 0 radical (unpaired) electrons. The number of nitrogens with zero attached hydrogens (tertiary/aromatic N) is 3. The van der Waals surface area contributed by atoms with E-state index in [-0.39, 0.29) is 0 Å². The number of guanidine groups is 1. The molecular formula is C21H26F2N4O. The van der Waals surface area contributed by atoms with Crippen LogP contribution in [-0.2, 0) is 17.9 Å². The lowest BCUT2D eigenvalue weighted by Gasteiger charge is -2.37. The second-order valence-corrected chi connectivity index (χ2v) is 6.72. The van der Waals surface area contributed by atoms with E-state index >= 15 is 0 Å². The van der Waals surface area contributed by atoms with Gasteiger partial charge in [0.25, 0.3) is 0 Å². The average Bonchev–Trinajstić information content (AvgIpc) is 2.71. The Labute approximate surface area is 164 Å². The highest BCUT2D eigenvalue weighted by Crippen LogP contribution is 2.22. The first-order valence-electron chi connectivity index (χ1n) is 9.33. The van der Waals surface area contributed by atoms with Crippen LogP contribution in [0.1, 0.15) is 11.1 Å². The second kappa shape index (κ2) is 9.50. The van der Waals surface area contributed by atoms with Gasteiger partial charge in [-0.15, -0.1) is 0 Å². The Kier molecular flexibility index (Phi) is 6.81. The first kappa shape index (κ1) is 20.1. The van der Waals surface area contributed by atoms with Crippen LogP contribution in [0.25, 0.3) is 0 Å². The number of hydrogen-bond acceptors (Lipinski definition) is 3. The highest BCUT2D eigenvalue weighted by Gasteiger charge is 2.22. The highest BCUT2D eigenvalue weighted by atomic mass is 19.1. The number of aliphatic imine (C=N–C) groups is 1.